The van der Waals surface area contributed by atoms with Crippen LogP contribution < -0.4 is 0 Å². The fraction of sp³-hybridized carbons (Fsp3) is 0.385. The second kappa shape index (κ2) is 5.71. The van der Waals surface area contributed by atoms with Crippen molar-refractivity contribution >= 4 is 5.91 Å². The Labute approximate surface area is 110 Å². The molecular formula is C13H16N2O4. The van der Waals surface area contributed by atoms with E-state index in [1.165, 1.54) is 11.2 Å². The first kappa shape index (κ1) is 13.4. The molecule has 102 valence electrons. The number of aliphatic hydroxyl groups is 1. The Morgan fingerprint density at radius 2 is 2.32 bits per heavy atom. The zero-order chi connectivity index (χ0) is 13.8. The summed E-state index contributed by atoms with van der Waals surface area (Å²) in [6, 6.07) is 5.00. The van der Waals surface area contributed by atoms with Crippen LogP contribution in [0.2, 0.25) is 0 Å². The van der Waals surface area contributed by atoms with Crippen molar-refractivity contribution in [3.8, 4) is 11.5 Å². The quantitative estimate of drug-likeness (QED) is 0.890. The summed E-state index contributed by atoms with van der Waals surface area (Å²) in [6.45, 7) is 2.14. The molecule has 0 fully saturated rings. The summed E-state index contributed by atoms with van der Waals surface area (Å²) in [5, 5.41) is 12.9. The molecule has 0 aliphatic heterocycles. The van der Waals surface area contributed by atoms with Crippen molar-refractivity contribution in [2.24, 2.45) is 0 Å². The van der Waals surface area contributed by atoms with E-state index in [2.05, 4.69) is 5.16 Å². The lowest BCUT2D eigenvalue weighted by Gasteiger charge is -2.16. The van der Waals surface area contributed by atoms with Crippen molar-refractivity contribution in [3.63, 3.8) is 0 Å². The van der Waals surface area contributed by atoms with Gasteiger partial charge in [0.15, 0.2) is 11.5 Å². The predicted molar refractivity (Wildman–Crippen MR) is 67.5 cm³/mol. The number of nitrogens with zero attached hydrogens (tertiary/aromatic N) is 2. The minimum absolute atomic E-state index is 0.222. The Morgan fingerprint density at radius 1 is 1.53 bits per heavy atom. The van der Waals surface area contributed by atoms with Gasteiger partial charge in [-0.2, -0.15) is 0 Å². The van der Waals surface area contributed by atoms with Gasteiger partial charge in [0.25, 0.3) is 5.91 Å². The van der Waals surface area contributed by atoms with Crippen LogP contribution in [0.4, 0.5) is 0 Å². The molecule has 0 spiro atoms. The van der Waals surface area contributed by atoms with Crippen molar-refractivity contribution in [2.45, 2.75) is 19.4 Å². The zero-order valence-electron chi connectivity index (χ0n) is 10.9. The van der Waals surface area contributed by atoms with E-state index in [1.54, 1.807) is 32.2 Å². The van der Waals surface area contributed by atoms with Gasteiger partial charge in [0.05, 0.1) is 12.4 Å². The van der Waals surface area contributed by atoms with Crippen LogP contribution in [-0.2, 0) is 0 Å². The molecule has 1 amide bonds. The van der Waals surface area contributed by atoms with Crippen LogP contribution >= 0.6 is 0 Å². The number of furan rings is 1. The Bertz CT molecular complexity index is 531. The third kappa shape index (κ3) is 3.23. The van der Waals surface area contributed by atoms with Crippen molar-refractivity contribution < 1.29 is 18.8 Å². The average molecular weight is 264 g/mol. The predicted octanol–water partition coefficient (Wildman–Crippen LogP) is 1.78. The summed E-state index contributed by atoms with van der Waals surface area (Å²) in [5.74, 6) is 0.692. The molecule has 6 heteroatoms. The van der Waals surface area contributed by atoms with Crippen LogP contribution in [0.1, 0.15) is 23.8 Å². The summed E-state index contributed by atoms with van der Waals surface area (Å²) in [7, 11) is 1.66. The maximum absolute atomic E-state index is 12.0. The van der Waals surface area contributed by atoms with Crippen molar-refractivity contribution in [1.82, 2.24) is 10.1 Å². The van der Waals surface area contributed by atoms with E-state index in [1.807, 2.05) is 0 Å². The number of amides is 1. The first-order valence-corrected chi connectivity index (χ1v) is 6.02. The van der Waals surface area contributed by atoms with Crippen LogP contribution in [0, 0.1) is 0 Å². The summed E-state index contributed by atoms with van der Waals surface area (Å²) >= 11 is 0. The molecule has 0 aliphatic rings. The van der Waals surface area contributed by atoms with E-state index in [-0.39, 0.29) is 11.6 Å². The number of aromatic nitrogens is 1. The molecule has 0 saturated carbocycles. The van der Waals surface area contributed by atoms with Crippen LogP contribution in [0.15, 0.2) is 33.4 Å². The monoisotopic (exact) mass is 264 g/mol. The molecule has 0 aliphatic carbocycles. The first-order valence-electron chi connectivity index (χ1n) is 6.02. The van der Waals surface area contributed by atoms with Gasteiger partial charge in [0.2, 0.25) is 5.76 Å². The normalized spacial score (nSPS) is 12.4. The number of aliphatic hydroxyl groups excluding tert-OH is 1. The molecular weight excluding hydrogens is 248 g/mol. The highest BCUT2D eigenvalue weighted by molar-refractivity contribution is 5.92. The van der Waals surface area contributed by atoms with E-state index in [9.17, 15) is 9.90 Å². The Morgan fingerprint density at radius 3 is 2.95 bits per heavy atom. The van der Waals surface area contributed by atoms with E-state index in [4.69, 9.17) is 8.94 Å². The smallest absolute Gasteiger partial charge is 0.275 e. The second-order valence-electron chi connectivity index (χ2n) is 4.42. The summed E-state index contributed by atoms with van der Waals surface area (Å²) in [4.78, 5) is 13.5. The molecule has 0 radical (unpaired) electrons. The van der Waals surface area contributed by atoms with E-state index in [0.29, 0.717) is 24.5 Å². The Balaban J connectivity index is 2.04. The average Bonchev–Trinajstić information content (AvgIpc) is 3.04. The molecule has 2 aromatic rings. The molecule has 0 bridgehead atoms. The van der Waals surface area contributed by atoms with Gasteiger partial charge in [0, 0.05) is 19.7 Å². The van der Waals surface area contributed by atoms with Crippen LogP contribution in [0.3, 0.4) is 0 Å². The largest absolute Gasteiger partial charge is 0.461 e. The topological polar surface area (TPSA) is 79.7 Å². The lowest BCUT2D eigenvalue weighted by atomic mass is 10.2. The van der Waals surface area contributed by atoms with Crippen LogP contribution in [0.5, 0.6) is 0 Å². The van der Waals surface area contributed by atoms with Crippen molar-refractivity contribution in [3.05, 3.63) is 30.2 Å². The third-order valence-electron chi connectivity index (χ3n) is 2.72. The molecule has 19 heavy (non-hydrogen) atoms. The minimum atomic E-state index is -0.439. The van der Waals surface area contributed by atoms with Crippen LogP contribution in [0.25, 0.3) is 11.5 Å². The highest BCUT2D eigenvalue weighted by Crippen LogP contribution is 2.21. The number of rotatable bonds is 5. The maximum atomic E-state index is 12.0. The van der Waals surface area contributed by atoms with Gasteiger partial charge in [-0.15, -0.1) is 0 Å². The van der Waals surface area contributed by atoms with Crippen molar-refractivity contribution in [2.75, 3.05) is 13.6 Å². The minimum Gasteiger partial charge on any atom is -0.461 e. The number of carbonyl (C=O) groups excluding carboxylic acids is 1. The second-order valence-corrected chi connectivity index (χ2v) is 4.42. The molecule has 1 atom stereocenters. The highest BCUT2D eigenvalue weighted by Gasteiger charge is 2.18. The van der Waals surface area contributed by atoms with Gasteiger partial charge in [-0.05, 0) is 25.5 Å². The van der Waals surface area contributed by atoms with Gasteiger partial charge in [-0.25, -0.2) is 0 Å². The lowest BCUT2D eigenvalue weighted by Crippen LogP contribution is -2.29. The van der Waals surface area contributed by atoms with E-state index >= 15 is 0 Å². The summed E-state index contributed by atoms with van der Waals surface area (Å²) in [5.41, 5.74) is 0.222. The van der Waals surface area contributed by atoms with Gasteiger partial charge >= 0.3 is 0 Å². The van der Waals surface area contributed by atoms with Gasteiger partial charge < -0.3 is 18.9 Å². The Kier molecular flexibility index (Phi) is 4.01. The lowest BCUT2D eigenvalue weighted by molar-refractivity contribution is 0.0759. The maximum Gasteiger partial charge on any atom is 0.275 e. The molecule has 2 heterocycles. The number of carbonyl (C=O) groups is 1. The van der Waals surface area contributed by atoms with Gasteiger partial charge in [-0.3, -0.25) is 4.79 Å². The number of hydrogen-bond acceptors (Lipinski definition) is 5. The third-order valence-corrected chi connectivity index (χ3v) is 2.72. The zero-order valence-corrected chi connectivity index (χ0v) is 10.9. The molecule has 0 aromatic carbocycles. The molecule has 1 N–H and O–H groups in total. The van der Waals surface area contributed by atoms with Crippen molar-refractivity contribution in [1.29, 1.82) is 0 Å². The number of hydrogen-bond donors (Lipinski definition) is 1. The molecule has 1 unspecified atom stereocenters. The molecule has 6 nitrogen and oxygen atoms in total. The SMILES string of the molecule is CC(O)CCN(C)C(=O)c1cc(-c2ccco2)on1. The van der Waals surface area contributed by atoms with E-state index < -0.39 is 6.10 Å². The van der Waals surface area contributed by atoms with Gasteiger partial charge in [-0.1, -0.05) is 5.16 Å². The summed E-state index contributed by atoms with van der Waals surface area (Å²) in [6.07, 6.45) is 1.60. The molecule has 0 saturated heterocycles. The highest BCUT2D eigenvalue weighted by atomic mass is 16.5. The first-order chi connectivity index (χ1) is 9.08. The fourth-order valence-corrected chi connectivity index (χ4v) is 1.59. The summed E-state index contributed by atoms with van der Waals surface area (Å²) < 4.78 is 10.2. The molecule has 2 aromatic heterocycles. The fourth-order valence-electron chi connectivity index (χ4n) is 1.59. The molecule has 2 rings (SSSR count). The van der Waals surface area contributed by atoms with Gasteiger partial charge in [0.1, 0.15) is 0 Å². The van der Waals surface area contributed by atoms with Crippen LogP contribution in [-0.4, -0.2) is 40.8 Å². The van der Waals surface area contributed by atoms with E-state index in [0.717, 1.165) is 0 Å². The Hall–Kier alpha value is -2.08. The standard InChI is InChI=1S/C13H16N2O4/c1-9(16)5-6-15(2)13(17)10-8-12(19-14-10)11-4-3-7-18-11/h3-4,7-9,16H,5-6H2,1-2H3.